The summed E-state index contributed by atoms with van der Waals surface area (Å²) < 4.78 is 54.7. The summed E-state index contributed by atoms with van der Waals surface area (Å²) in [5.41, 5.74) is 0.234. The molecule has 1 aliphatic carbocycles. The highest BCUT2D eigenvalue weighted by atomic mass is 35.5. The van der Waals surface area contributed by atoms with E-state index in [1.807, 2.05) is 0 Å². The minimum absolute atomic E-state index is 0.0602. The molecule has 10 heteroatoms. The van der Waals surface area contributed by atoms with Gasteiger partial charge in [-0.1, -0.05) is 23.2 Å². The Kier molecular flexibility index (Phi) is 5.95. The molecule has 0 saturated heterocycles. The molecule has 1 fully saturated rings. The predicted molar refractivity (Wildman–Crippen MR) is 102 cm³/mol. The maximum absolute atomic E-state index is 14.0. The minimum atomic E-state index is -4.07. The molecule has 1 saturated carbocycles. The number of sulfonamides is 1. The van der Waals surface area contributed by atoms with Gasteiger partial charge in [-0.15, -0.1) is 0 Å². The maximum Gasteiger partial charge on any atom is 0.251 e. The van der Waals surface area contributed by atoms with Gasteiger partial charge in [-0.05, 0) is 55.7 Å². The van der Waals surface area contributed by atoms with Gasteiger partial charge in [0.2, 0.25) is 10.0 Å². The van der Waals surface area contributed by atoms with Crippen molar-refractivity contribution in [2.75, 3.05) is 0 Å². The van der Waals surface area contributed by atoms with Crippen molar-refractivity contribution in [2.24, 2.45) is 0 Å². The summed E-state index contributed by atoms with van der Waals surface area (Å²) in [5.74, 6) is -2.31. The van der Waals surface area contributed by atoms with E-state index in [1.165, 1.54) is 6.07 Å². The number of hydrogen-bond donors (Lipinski definition) is 2. The molecule has 2 aromatic carbocycles. The summed E-state index contributed by atoms with van der Waals surface area (Å²) in [5, 5.41) is 2.59. The number of carbonyl (C=O) groups excluding carboxylic acids is 1. The van der Waals surface area contributed by atoms with Crippen molar-refractivity contribution >= 4 is 39.1 Å². The Balaban J connectivity index is 1.83. The third-order valence-electron chi connectivity index (χ3n) is 4.24. The summed E-state index contributed by atoms with van der Waals surface area (Å²) in [6, 6.07) is 4.46. The number of amides is 1. The van der Waals surface area contributed by atoms with Crippen LogP contribution in [0.25, 0.3) is 0 Å². The van der Waals surface area contributed by atoms with Crippen LogP contribution in [-0.4, -0.2) is 20.4 Å². The Morgan fingerprint density at radius 3 is 2.43 bits per heavy atom. The standard InChI is InChI=1S/C18H16Cl2F2N2O3S/c1-9(12-7-16(22)14(20)8-13(12)19)23-18(25)10-2-5-15(21)17(6-10)28(26,27)24-11-3-4-11/h2,5-9,11,24H,3-4H2,1H3,(H,23,25). The van der Waals surface area contributed by atoms with Crippen molar-refractivity contribution in [3.05, 3.63) is 63.1 Å². The number of benzene rings is 2. The second kappa shape index (κ2) is 7.94. The fraction of sp³-hybridized carbons (Fsp3) is 0.278. The molecular weight excluding hydrogens is 433 g/mol. The Hall–Kier alpha value is -1.74. The molecule has 150 valence electrons. The highest BCUT2D eigenvalue weighted by molar-refractivity contribution is 7.89. The van der Waals surface area contributed by atoms with Crippen LogP contribution < -0.4 is 10.0 Å². The van der Waals surface area contributed by atoms with Gasteiger partial charge in [0.05, 0.1) is 11.1 Å². The number of nitrogens with one attached hydrogen (secondary N) is 2. The average molecular weight is 449 g/mol. The molecule has 0 bridgehead atoms. The van der Waals surface area contributed by atoms with E-state index in [-0.39, 0.29) is 21.7 Å². The number of carbonyl (C=O) groups is 1. The number of halogens is 4. The lowest BCUT2D eigenvalue weighted by Gasteiger charge is -2.17. The van der Waals surface area contributed by atoms with Crippen molar-refractivity contribution in [2.45, 2.75) is 36.7 Å². The number of hydrogen-bond acceptors (Lipinski definition) is 3. The molecular formula is C18H16Cl2F2N2O3S. The molecule has 1 unspecified atom stereocenters. The summed E-state index contributed by atoms with van der Waals surface area (Å²) in [7, 11) is -4.07. The normalized spacial score (nSPS) is 15.3. The lowest BCUT2D eigenvalue weighted by molar-refractivity contribution is 0.0939. The van der Waals surface area contributed by atoms with Gasteiger partial charge in [0.1, 0.15) is 16.5 Å². The molecule has 1 aliphatic rings. The highest BCUT2D eigenvalue weighted by Crippen LogP contribution is 2.29. The molecule has 0 radical (unpaired) electrons. The third-order valence-corrected chi connectivity index (χ3v) is 6.39. The SMILES string of the molecule is CC(NC(=O)c1ccc(F)c(S(=O)(=O)NC2CC2)c1)c1cc(F)c(Cl)cc1Cl. The molecule has 0 heterocycles. The summed E-state index contributed by atoms with van der Waals surface area (Å²) in [4.78, 5) is 11.9. The van der Waals surface area contributed by atoms with Crippen LogP contribution in [-0.2, 0) is 10.0 Å². The lowest BCUT2D eigenvalue weighted by Crippen LogP contribution is -2.29. The van der Waals surface area contributed by atoms with Gasteiger partial charge in [0, 0.05) is 16.6 Å². The van der Waals surface area contributed by atoms with Crippen LogP contribution in [0.5, 0.6) is 0 Å². The molecule has 2 aromatic rings. The van der Waals surface area contributed by atoms with Crippen molar-refractivity contribution in [1.29, 1.82) is 0 Å². The van der Waals surface area contributed by atoms with Crippen LogP contribution in [0.3, 0.4) is 0 Å². The second-order valence-electron chi connectivity index (χ2n) is 6.52. The lowest BCUT2D eigenvalue weighted by atomic mass is 10.1. The topological polar surface area (TPSA) is 75.3 Å². The summed E-state index contributed by atoms with van der Waals surface area (Å²) in [6.45, 7) is 1.57. The highest BCUT2D eigenvalue weighted by Gasteiger charge is 2.30. The quantitative estimate of drug-likeness (QED) is 0.650. The summed E-state index contributed by atoms with van der Waals surface area (Å²) in [6.07, 6.45) is 1.38. The van der Waals surface area contributed by atoms with E-state index in [0.29, 0.717) is 18.4 Å². The third kappa shape index (κ3) is 4.63. The predicted octanol–water partition coefficient (Wildman–Crippen LogP) is 4.20. The average Bonchev–Trinajstić information content (AvgIpc) is 3.41. The Morgan fingerprint density at radius 2 is 1.79 bits per heavy atom. The van der Waals surface area contributed by atoms with Crippen molar-refractivity contribution in [1.82, 2.24) is 10.0 Å². The molecule has 0 aromatic heterocycles. The molecule has 0 spiro atoms. The first-order chi connectivity index (χ1) is 13.1. The van der Waals surface area contributed by atoms with Gasteiger partial charge >= 0.3 is 0 Å². The van der Waals surface area contributed by atoms with E-state index in [9.17, 15) is 22.0 Å². The van der Waals surface area contributed by atoms with E-state index >= 15 is 0 Å². The molecule has 1 atom stereocenters. The molecule has 1 amide bonds. The van der Waals surface area contributed by atoms with Gasteiger partial charge < -0.3 is 5.32 Å². The fourth-order valence-electron chi connectivity index (χ4n) is 2.56. The van der Waals surface area contributed by atoms with Crippen LogP contribution in [0, 0.1) is 11.6 Å². The largest absolute Gasteiger partial charge is 0.345 e. The zero-order valence-electron chi connectivity index (χ0n) is 14.6. The Morgan fingerprint density at radius 1 is 1.11 bits per heavy atom. The van der Waals surface area contributed by atoms with Crippen molar-refractivity contribution in [3.8, 4) is 0 Å². The first-order valence-electron chi connectivity index (χ1n) is 8.35. The molecule has 0 aliphatic heterocycles. The smallest absolute Gasteiger partial charge is 0.251 e. The van der Waals surface area contributed by atoms with Gasteiger partial charge in [-0.3, -0.25) is 4.79 Å². The molecule has 2 N–H and O–H groups in total. The monoisotopic (exact) mass is 448 g/mol. The van der Waals surface area contributed by atoms with Crippen LogP contribution >= 0.6 is 23.2 Å². The summed E-state index contributed by atoms with van der Waals surface area (Å²) >= 11 is 11.7. The van der Waals surface area contributed by atoms with E-state index in [0.717, 1.165) is 24.3 Å². The first kappa shape index (κ1) is 21.0. The van der Waals surface area contributed by atoms with E-state index < -0.39 is 38.5 Å². The van der Waals surface area contributed by atoms with Gasteiger partial charge in [-0.2, -0.15) is 0 Å². The second-order valence-corrected chi connectivity index (χ2v) is 9.02. The van der Waals surface area contributed by atoms with Crippen LogP contribution in [0.4, 0.5) is 8.78 Å². The number of rotatable bonds is 6. The maximum atomic E-state index is 14.0. The Labute approximate surface area is 171 Å². The van der Waals surface area contributed by atoms with Crippen molar-refractivity contribution in [3.63, 3.8) is 0 Å². The van der Waals surface area contributed by atoms with E-state index in [4.69, 9.17) is 23.2 Å². The van der Waals surface area contributed by atoms with Crippen LogP contribution in [0.1, 0.15) is 41.7 Å². The Bertz CT molecular complexity index is 1040. The van der Waals surface area contributed by atoms with Crippen molar-refractivity contribution < 1.29 is 22.0 Å². The van der Waals surface area contributed by atoms with Gasteiger partial charge in [0.25, 0.3) is 5.91 Å². The fourth-order valence-corrected chi connectivity index (χ4v) is 4.52. The van der Waals surface area contributed by atoms with Gasteiger partial charge in [-0.25, -0.2) is 21.9 Å². The zero-order chi connectivity index (χ0) is 20.6. The molecule has 5 nitrogen and oxygen atoms in total. The molecule has 28 heavy (non-hydrogen) atoms. The van der Waals surface area contributed by atoms with Gasteiger partial charge in [0.15, 0.2) is 0 Å². The minimum Gasteiger partial charge on any atom is -0.345 e. The van der Waals surface area contributed by atoms with E-state index in [2.05, 4.69) is 10.0 Å². The van der Waals surface area contributed by atoms with Crippen LogP contribution in [0.15, 0.2) is 35.2 Å². The van der Waals surface area contributed by atoms with E-state index in [1.54, 1.807) is 6.92 Å². The zero-order valence-corrected chi connectivity index (χ0v) is 16.9. The molecule has 3 rings (SSSR count). The first-order valence-corrected chi connectivity index (χ1v) is 10.6. The van der Waals surface area contributed by atoms with Crippen LogP contribution in [0.2, 0.25) is 10.0 Å².